The molecule has 1 aromatic rings. The van der Waals surface area contributed by atoms with Crippen LogP contribution in [0.25, 0.3) is 0 Å². The van der Waals surface area contributed by atoms with Crippen LogP contribution in [0.15, 0.2) is 29.2 Å². The summed E-state index contributed by atoms with van der Waals surface area (Å²) in [5.41, 5.74) is 7.46. The van der Waals surface area contributed by atoms with Crippen molar-refractivity contribution in [1.82, 2.24) is 0 Å². The summed E-state index contributed by atoms with van der Waals surface area (Å²) in [5, 5.41) is 0. The molecule has 27 heavy (non-hydrogen) atoms. The summed E-state index contributed by atoms with van der Waals surface area (Å²) in [5.74, 6) is 0.958. The van der Waals surface area contributed by atoms with Crippen LogP contribution in [-0.4, -0.2) is 39.4 Å². The maximum absolute atomic E-state index is 11.6. The van der Waals surface area contributed by atoms with Crippen molar-refractivity contribution < 1.29 is 17.7 Å². The van der Waals surface area contributed by atoms with Crippen molar-refractivity contribution in [3.8, 4) is 0 Å². The third kappa shape index (κ3) is 3.36. The molecule has 2 bridgehead atoms. The van der Waals surface area contributed by atoms with Gasteiger partial charge in [-0.25, -0.2) is 8.42 Å². The van der Waals surface area contributed by atoms with Crippen LogP contribution in [0.2, 0.25) is 0 Å². The molecular formula is C19H29BClNO4S. The van der Waals surface area contributed by atoms with Gasteiger partial charge in [0.2, 0.25) is 0 Å². The van der Waals surface area contributed by atoms with Gasteiger partial charge in [0.25, 0.3) is 0 Å². The molecule has 0 spiro atoms. The second-order valence-corrected chi connectivity index (χ2v) is 11.1. The fourth-order valence-electron chi connectivity index (χ4n) is 5.32. The molecule has 5 rings (SSSR count). The highest BCUT2D eigenvalue weighted by Gasteiger charge is 2.68. The number of sulfone groups is 1. The van der Waals surface area contributed by atoms with E-state index in [2.05, 4.69) is 20.8 Å². The van der Waals surface area contributed by atoms with Crippen molar-refractivity contribution in [2.24, 2.45) is 23.0 Å². The minimum absolute atomic E-state index is 0. The molecule has 5 nitrogen and oxygen atoms in total. The predicted molar refractivity (Wildman–Crippen MR) is 109 cm³/mol. The molecule has 0 unspecified atom stereocenters. The van der Waals surface area contributed by atoms with E-state index in [1.165, 1.54) is 12.7 Å². The summed E-state index contributed by atoms with van der Waals surface area (Å²) in [7, 11) is -3.59. The van der Waals surface area contributed by atoms with E-state index in [1.54, 1.807) is 12.1 Å². The zero-order chi connectivity index (χ0) is 18.9. The molecule has 1 saturated heterocycles. The number of halogens is 1. The van der Waals surface area contributed by atoms with Gasteiger partial charge in [-0.2, -0.15) is 0 Å². The van der Waals surface area contributed by atoms with Gasteiger partial charge in [0.05, 0.1) is 16.6 Å². The van der Waals surface area contributed by atoms with Crippen molar-refractivity contribution in [3.63, 3.8) is 0 Å². The van der Waals surface area contributed by atoms with Crippen LogP contribution < -0.4 is 5.73 Å². The highest BCUT2D eigenvalue weighted by Crippen LogP contribution is 2.65. The third-order valence-corrected chi connectivity index (χ3v) is 8.27. The van der Waals surface area contributed by atoms with Crippen LogP contribution in [0.4, 0.5) is 0 Å². The zero-order valence-electron chi connectivity index (χ0n) is 16.3. The maximum Gasteiger partial charge on any atom is 0.475 e. The topological polar surface area (TPSA) is 78.6 Å². The van der Waals surface area contributed by atoms with E-state index in [0.717, 1.165) is 12.0 Å². The molecule has 1 aliphatic heterocycles. The number of nitrogens with two attached hydrogens (primary N) is 1. The fourth-order valence-corrected chi connectivity index (χ4v) is 5.95. The van der Waals surface area contributed by atoms with Gasteiger partial charge in [-0.05, 0) is 61.1 Å². The van der Waals surface area contributed by atoms with Crippen LogP contribution in [0.1, 0.15) is 39.2 Å². The Morgan fingerprint density at radius 2 is 1.85 bits per heavy atom. The van der Waals surface area contributed by atoms with Crippen LogP contribution in [0.3, 0.4) is 0 Å². The van der Waals surface area contributed by atoms with Crippen molar-refractivity contribution in [1.29, 1.82) is 0 Å². The molecule has 0 aromatic heterocycles. The van der Waals surface area contributed by atoms with Crippen molar-refractivity contribution in [3.05, 3.63) is 29.8 Å². The Bertz CT molecular complexity index is 816. The summed E-state index contributed by atoms with van der Waals surface area (Å²) in [6, 6.07) is 6.90. The average molecular weight is 414 g/mol. The van der Waals surface area contributed by atoms with E-state index < -0.39 is 17.0 Å². The molecule has 5 atom stereocenters. The lowest BCUT2D eigenvalue weighted by Gasteiger charge is -2.64. The second-order valence-electron chi connectivity index (χ2n) is 9.12. The number of hydrogen-bond donors (Lipinski definition) is 1. The number of rotatable bonds is 4. The summed E-state index contributed by atoms with van der Waals surface area (Å²) < 4.78 is 35.8. The SMILES string of the molecule is CC1(C)[C@@H]2C[C@H]3OB([C@@H](N)Cc4ccc(S(C)(=O)=O)cc4)O[C@@]3(C)[C@H]1C2.Cl. The Kier molecular flexibility index (Phi) is 5.27. The Morgan fingerprint density at radius 1 is 1.22 bits per heavy atom. The molecule has 2 N–H and O–H groups in total. The van der Waals surface area contributed by atoms with Gasteiger partial charge in [0.1, 0.15) is 0 Å². The lowest BCUT2D eigenvalue weighted by atomic mass is 9.43. The van der Waals surface area contributed by atoms with E-state index in [1.807, 2.05) is 12.1 Å². The molecule has 1 aromatic carbocycles. The van der Waals surface area contributed by atoms with Crippen LogP contribution in [0, 0.1) is 17.3 Å². The van der Waals surface area contributed by atoms with E-state index in [0.29, 0.717) is 28.6 Å². The first-order valence-electron chi connectivity index (χ1n) is 9.39. The molecule has 150 valence electrons. The van der Waals surface area contributed by atoms with Crippen LogP contribution >= 0.6 is 12.4 Å². The van der Waals surface area contributed by atoms with Crippen molar-refractivity contribution >= 4 is 29.4 Å². The van der Waals surface area contributed by atoms with Crippen LogP contribution in [-0.2, 0) is 25.6 Å². The largest absolute Gasteiger partial charge is 0.475 e. The van der Waals surface area contributed by atoms with Gasteiger partial charge in [0, 0.05) is 12.2 Å². The van der Waals surface area contributed by atoms with Gasteiger partial charge in [-0.3, -0.25) is 0 Å². The van der Waals surface area contributed by atoms with Gasteiger partial charge < -0.3 is 15.0 Å². The first-order valence-corrected chi connectivity index (χ1v) is 11.3. The maximum atomic E-state index is 11.6. The molecule has 4 fully saturated rings. The predicted octanol–water partition coefficient (Wildman–Crippen LogP) is 2.65. The summed E-state index contributed by atoms with van der Waals surface area (Å²) in [4.78, 5) is 0.323. The molecule has 8 heteroatoms. The lowest BCUT2D eigenvalue weighted by molar-refractivity contribution is -0.199. The minimum atomic E-state index is -3.18. The van der Waals surface area contributed by atoms with E-state index >= 15 is 0 Å². The fraction of sp³-hybridized carbons (Fsp3) is 0.684. The third-order valence-electron chi connectivity index (χ3n) is 7.14. The normalized spacial score (nSPS) is 35.0. The first kappa shape index (κ1) is 21.1. The molecular weight excluding hydrogens is 385 g/mol. The standard InChI is InChI=1S/C19H28BNO4S.ClH/c1-18(2)13-10-15(18)19(3)16(11-13)24-20(25-19)17(21)9-12-5-7-14(8-6-12)26(4,22)23;/h5-8,13,15-17H,9-11,21H2,1-4H3;1H/t13-,15-,16+,17-,19-;/m0./s1. The Balaban J connectivity index is 0.00000210. The molecule has 3 saturated carbocycles. The van der Waals surface area contributed by atoms with E-state index in [4.69, 9.17) is 15.0 Å². The monoisotopic (exact) mass is 413 g/mol. The minimum Gasteiger partial charge on any atom is -0.404 e. The van der Waals surface area contributed by atoms with Crippen molar-refractivity contribution in [2.75, 3.05) is 6.26 Å². The number of hydrogen-bond acceptors (Lipinski definition) is 5. The molecule has 0 amide bonds. The Morgan fingerprint density at radius 3 is 2.41 bits per heavy atom. The quantitative estimate of drug-likeness (QED) is 0.768. The summed E-state index contributed by atoms with van der Waals surface area (Å²) in [6.45, 7) is 6.87. The highest BCUT2D eigenvalue weighted by atomic mass is 35.5. The molecule has 4 aliphatic rings. The smallest absolute Gasteiger partial charge is 0.404 e. The zero-order valence-corrected chi connectivity index (χ0v) is 18.0. The highest BCUT2D eigenvalue weighted by molar-refractivity contribution is 7.90. The second kappa shape index (κ2) is 6.73. The van der Waals surface area contributed by atoms with E-state index in [-0.39, 0.29) is 30.1 Å². The first-order chi connectivity index (χ1) is 12.0. The van der Waals surface area contributed by atoms with Gasteiger partial charge in [-0.1, -0.05) is 26.0 Å². The lowest BCUT2D eigenvalue weighted by Crippen LogP contribution is -2.65. The number of benzene rings is 1. The Labute approximate surface area is 168 Å². The van der Waals surface area contributed by atoms with E-state index in [9.17, 15) is 8.42 Å². The van der Waals surface area contributed by atoms with Crippen molar-refractivity contribution in [2.45, 2.75) is 62.6 Å². The molecule has 3 aliphatic carbocycles. The molecule has 0 radical (unpaired) electrons. The van der Waals surface area contributed by atoms with Gasteiger partial charge in [0.15, 0.2) is 9.84 Å². The Hall–Kier alpha value is -0.595. The average Bonchev–Trinajstić information content (AvgIpc) is 2.91. The summed E-state index contributed by atoms with van der Waals surface area (Å²) in [6.07, 6.45) is 4.20. The van der Waals surface area contributed by atoms with Gasteiger partial charge >= 0.3 is 7.12 Å². The summed E-state index contributed by atoms with van der Waals surface area (Å²) >= 11 is 0. The molecule has 1 heterocycles. The van der Waals surface area contributed by atoms with Crippen LogP contribution in [0.5, 0.6) is 0 Å². The van der Waals surface area contributed by atoms with Gasteiger partial charge in [-0.15, -0.1) is 12.4 Å².